The van der Waals surface area contributed by atoms with Crippen LogP contribution in [0.25, 0.3) is 0 Å². The molecule has 0 bridgehead atoms. The van der Waals surface area contributed by atoms with Gasteiger partial charge in [-0.05, 0) is 0 Å². The predicted octanol–water partition coefficient (Wildman–Crippen LogP) is 0.701. The minimum atomic E-state index is -0.966. The Morgan fingerprint density at radius 3 is 2.25 bits per heavy atom. The Bertz CT molecular complexity index is 135. The van der Waals surface area contributed by atoms with Gasteiger partial charge in [0.2, 0.25) is 0 Å². The molecule has 0 saturated carbocycles. The van der Waals surface area contributed by atoms with Gasteiger partial charge in [0.15, 0.2) is 0 Å². The Morgan fingerprint density at radius 1 is 1.42 bits per heavy atom. The highest BCUT2D eigenvalue weighted by atomic mass is 28.3. The molecule has 12 heavy (non-hydrogen) atoms. The van der Waals surface area contributed by atoms with E-state index in [1.165, 1.54) is 0 Å². The van der Waals surface area contributed by atoms with Crippen molar-refractivity contribution in [2.75, 3.05) is 14.1 Å². The highest BCUT2D eigenvalue weighted by Crippen LogP contribution is 2.02. The van der Waals surface area contributed by atoms with E-state index in [2.05, 4.69) is 18.9 Å². The average molecular weight is 188 g/mol. The normalized spacial score (nSPS) is 14.2. The van der Waals surface area contributed by atoms with Gasteiger partial charge < -0.3 is 10.1 Å². The van der Waals surface area contributed by atoms with E-state index in [4.69, 9.17) is 0 Å². The van der Waals surface area contributed by atoms with Crippen LogP contribution in [-0.2, 0) is 0 Å². The molecular formula is C8H20N2OSi. The summed E-state index contributed by atoms with van der Waals surface area (Å²) in [6.07, 6.45) is 1.67. The fraction of sp³-hybridized carbons (Fsp3) is 0.875. The maximum Gasteiger partial charge on any atom is 0.0778 e. The monoisotopic (exact) mass is 188 g/mol. The molecule has 0 aliphatic rings. The maximum atomic E-state index is 9.64. The van der Waals surface area contributed by atoms with E-state index < -0.39 is 8.80 Å². The van der Waals surface area contributed by atoms with Gasteiger partial charge in [-0.1, -0.05) is 25.9 Å². The van der Waals surface area contributed by atoms with E-state index in [9.17, 15) is 5.11 Å². The molecular weight excluding hydrogens is 168 g/mol. The van der Waals surface area contributed by atoms with Crippen LogP contribution in [0.1, 0.15) is 13.8 Å². The van der Waals surface area contributed by atoms with Crippen LogP contribution in [0, 0.1) is 0 Å². The first-order valence-electron chi connectivity index (χ1n) is 4.51. The molecule has 4 heteroatoms. The van der Waals surface area contributed by atoms with Crippen molar-refractivity contribution in [2.45, 2.75) is 31.7 Å². The maximum absolute atomic E-state index is 9.64. The van der Waals surface area contributed by atoms with Crippen LogP contribution in [0.15, 0.2) is 5.10 Å². The van der Waals surface area contributed by atoms with Gasteiger partial charge >= 0.3 is 0 Å². The zero-order chi connectivity index (χ0) is 9.56. The third-order valence-corrected chi connectivity index (χ3v) is 5.22. The van der Waals surface area contributed by atoms with Crippen LogP contribution in [0.4, 0.5) is 0 Å². The Labute approximate surface area is 76.7 Å². The number of hydrogen-bond acceptors (Lipinski definition) is 3. The highest BCUT2D eigenvalue weighted by Gasteiger charge is 2.14. The summed E-state index contributed by atoms with van der Waals surface area (Å²) in [5.41, 5.74) is -0.262. The molecule has 1 atom stereocenters. The van der Waals surface area contributed by atoms with Crippen molar-refractivity contribution >= 4 is 15.0 Å². The molecule has 0 saturated heterocycles. The molecule has 0 fully saturated rings. The molecule has 0 rings (SSSR count). The SMILES string of the molecule is CC[SiH](CC)C(O)C=NN(C)C. The lowest BCUT2D eigenvalue weighted by molar-refractivity contribution is 0.310. The van der Waals surface area contributed by atoms with Gasteiger partial charge in [-0.3, -0.25) is 0 Å². The summed E-state index contributed by atoms with van der Waals surface area (Å²) < 4.78 is 0. The van der Waals surface area contributed by atoms with Crippen molar-refractivity contribution < 1.29 is 5.11 Å². The summed E-state index contributed by atoms with van der Waals surface area (Å²) in [5, 5.41) is 15.4. The minimum absolute atomic E-state index is 0.262. The van der Waals surface area contributed by atoms with Gasteiger partial charge in [-0.15, -0.1) is 0 Å². The van der Waals surface area contributed by atoms with E-state index in [1.54, 1.807) is 11.2 Å². The predicted molar refractivity (Wildman–Crippen MR) is 56.3 cm³/mol. The second-order valence-electron chi connectivity index (χ2n) is 3.18. The van der Waals surface area contributed by atoms with Crippen LogP contribution in [-0.4, -0.2) is 44.9 Å². The summed E-state index contributed by atoms with van der Waals surface area (Å²) in [5.74, 6) is 0. The van der Waals surface area contributed by atoms with Crippen molar-refractivity contribution in [3.63, 3.8) is 0 Å². The van der Waals surface area contributed by atoms with Crippen LogP contribution in [0.2, 0.25) is 12.1 Å². The fourth-order valence-corrected chi connectivity index (χ4v) is 2.96. The third kappa shape index (κ3) is 4.51. The Morgan fingerprint density at radius 2 is 1.92 bits per heavy atom. The molecule has 0 amide bonds. The number of aliphatic hydroxyl groups excluding tert-OH is 1. The zero-order valence-electron chi connectivity index (χ0n) is 8.49. The summed E-state index contributed by atoms with van der Waals surface area (Å²) in [6.45, 7) is 4.29. The quantitative estimate of drug-likeness (QED) is 0.392. The standard InChI is InChI=1S/C8H20N2OSi/c1-5-12(6-2)8(11)7-9-10(3)4/h7-8,11-12H,5-6H2,1-4H3. The highest BCUT2D eigenvalue weighted by molar-refractivity contribution is 6.63. The van der Waals surface area contributed by atoms with Crippen molar-refractivity contribution in [3.8, 4) is 0 Å². The molecule has 0 aliphatic carbocycles. The van der Waals surface area contributed by atoms with Gasteiger partial charge in [0.1, 0.15) is 0 Å². The first-order chi connectivity index (χ1) is 5.61. The van der Waals surface area contributed by atoms with Gasteiger partial charge in [0.05, 0.1) is 14.5 Å². The average Bonchev–Trinajstić information content (AvgIpc) is 2.03. The number of nitrogens with zero attached hydrogens (tertiary/aromatic N) is 2. The lowest BCUT2D eigenvalue weighted by Gasteiger charge is -2.14. The third-order valence-electron chi connectivity index (χ3n) is 1.98. The van der Waals surface area contributed by atoms with E-state index in [0.29, 0.717) is 0 Å². The van der Waals surface area contributed by atoms with Crippen LogP contribution >= 0.6 is 0 Å². The zero-order valence-corrected chi connectivity index (χ0v) is 9.64. The number of hydrogen-bond donors (Lipinski definition) is 1. The number of aliphatic hydroxyl groups is 1. The van der Waals surface area contributed by atoms with E-state index in [1.807, 2.05) is 14.1 Å². The largest absolute Gasteiger partial charge is 0.391 e. The molecule has 0 spiro atoms. The number of rotatable bonds is 5. The molecule has 0 radical (unpaired) electrons. The molecule has 3 nitrogen and oxygen atoms in total. The summed E-state index contributed by atoms with van der Waals surface area (Å²) >= 11 is 0. The lowest BCUT2D eigenvalue weighted by atomic mass is 10.8. The molecule has 0 aromatic carbocycles. The Kier molecular flexibility index (Phi) is 6.01. The molecule has 0 aliphatic heterocycles. The van der Waals surface area contributed by atoms with E-state index in [0.717, 1.165) is 12.1 Å². The fourth-order valence-electron chi connectivity index (χ4n) is 1.10. The van der Waals surface area contributed by atoms with Gasteiger partial charge in [0, 0.05) is 20.3 Å². The first kappa shape index (κ1) is 11.6. The minimum Gasteiger partial charge on any atom is -0.391 e. The van der Waals surface area contributed by atoms with Crippen molar-refractivity contribution in [1.29, 1.82) is 0 Å². The molecule has 72 valence electrons. The van der Waals surface area contributed by atoms with Crippen LogP contribution in [0.5, 0.6) is 0 Å². The smallest absolute Gasteiger partial charge is 0.0778 e. The lowest BCUT2D eigenvalue weighted by Crippen LogP contribution is -2.31. The topological polar surface area (TPSA) is 35.8 Å². The van der Waals surface area contributed by atoms with Gasteiger partial charge in [-0.25, -0.2) is 0 Å². The van der Waals surface area contributed by atoms with Crippen LogP contribution in [0.3, 0.4) is 0 Å². The molecule has 0 aromatic rings. The summed E-state index contributed by atoms with van der Waals surface area (Å²) in [4.78, 5) is 0. The van der Waals surface area contributed by atoms with E-state index >= 15 is 0 Å². The molecule has 0 aromatic heterocycles. The second kappa shape index (κ2) is 6.19. The Hall–Kier alpha value is -0.353. The summed E-state index contributed by atoms with van der Waals surface area (Å²) in [7, 11) is 2.75. The van der Waals surface area contributed by atoms with Gasteiger partial charge in [0.25, 0.3) is 0 Å². The molecule has 0 heterocycles. The summed E-state index contributed by atoms with van der Waals surface area (Å²) in [6, 6.07) is 2.27. The number of hydrazone groups is 1. The van der Waals surface area contributed by atoms with E-state index in [-0.39, 0.29) is 5.73 Å². The second-order valence-corrected chi connectivity index (χ2v) is 7.02. The van der Waals surface area contributed by atoms with Crippen molar-refractivity contribution in [2.24, 2.45) is 5.10 Å². The molecule has 1 N–H and O–H groups in total. The Balaban J connectivity index is 3.91. The van der Waals surface area contributed by atoms with Crippen molar-refractivity contribution in [3.05, 3.63) is 0 Å². The van der Waals surface area contributed by atoms with Crippen LogP contribution < -0.4 is 0 Å². The first-order valence-corrected chi connectivity index (χ1v) is 6.81. The van der Waals surface area contributed by atoms with Crippen molar-refractivity contribution in [1.82, 2.24) is 5.01 Å². The van der Waals surface area contributed by atoms with Gasteiger partial charge in [-0.2, -0.15) is 5.10 Å². The molecule has 1 unspecified atom stereocenters.